The zero-order valence-corrected chi connectivity index (χ0v) is 26.7. The lowest BCUT2D eigenvalue weighted by Crippen LogP contribution is -2.48. The fourth-order valence-electron chi connectivity index (χ4n) is 6.05. The second-order valence-electron chi connectivity index (χ2n) is 12.4. The molecule has 1 aromatic heterocycles. The van der Waals surface area contributed by atoms with Crippen LogP contribution >= 0.6 is 0 Å². The van der Waals surface area contributed by atoms with E-state index in [2.05, 4.69) is 27.1 Å². The van der Waals surface area contributed by atoms with E-state index >= 15 is 0 Å². The topological polar surface area (TPSA) is 186 Å². The van der Waals surface area contributed by atoms with Crippen LogP contribution < -0.4 is 10.8 Å². The van der Waals surface area contributed by atoms with Gasteiger partial charge in [0.25, 0.3) is 0 Å². The van der Waals surface area contributed by atoms with Gasteiger partial charge in [-0.25, -0.2) is 4.99 Å². The summed E-state index contributed by atoms with van der Waals surface area (Å²) in [5.41, 5.74) is 4.49. The molecule has 2 aliphatic rings. The number of aromatic amines is 1. The summed E-state index contributed by atoms with van der Waals surface area (Å²) in [5, 5.41) is 65.0. The number of aliphatic hydroxyl groups is 5. The SMILES string of the molecule is CN1CCN(CC(O)Nc2ccc(N=C(c3ccccc3)c3c(O)[nH]c4cc(B5OC[C@@H]([C@@H](O)[C@H](O)[C@H](O)CO)O5)ccc34)cc2)CC1. The van der Waals surface area contributed by atoms with Crippen molar-refractivity contribution in [1.82, 2.24) is 14.8 Å². The maximum atomic E-state index is 11.2. The van der Waals surface area contributed by atoms with Gasteiger partial charge in [-0.3, -0.25) is 4.90 Å². The molecule has 2 fully saturated rings. The molecular formula is C34H42BN5O8. The van der Waals surface area contributed by atoms with E-state index in [-0.39, 0.29) is 12.5 Å². The molecule has 2 saturated heterocycles. The van der Waals surface area contributed by atoms with Gasteiger partial charge in [-0.05, 0) is 42.8 Å². The summed E-state index contributed by atoms with van der Waals surface area (Å²) in [6, 6.07) is 22.4. The molecule has 0 aliphatic carbocycles. The number of hydrogen-bond donors (Lipinski definition) is 8. The Morgan fingerprint density at radius 3 is 2.44 bits per heavy atom. The number of likely N-dealkylation sites (N-methyl/N-ethyl adjacent to an activating group) is 1. The maximum absolute atomic E-state index is 11.2. The van der Waals surface area contributed by atoms with Gasteiger partial charge in [0, 0.05) is 54.9 Å². The molecule has 48 heavy (non-hydrogen) atoms. The number of nitrogens with zero attached hydrogens (tertiary/aromatic N) is 3. The lowest BCUT2D eigenvalue weighted by Gasteiger charge is -2.33. The number of anilines is 1. The number of aromatic nitrogens is 1. The molecule has 0 radical (unpaired) electrons. The molecule has 2 aliphatic heterocycles. The number of rotatable bonds is 12. The third-order valence-corrected chi connectivity index (χ3v) is 8.85. The monoisotopic (exact) mass is 659 g/mol. The fraction of sp³-hybridized carbons (Fsp3) is 0.382. The van der Waals surface area contributed by atoms with Crippen molar-refractivity contribution in [2.45, 2.75) is 30.6 Å². The average Bonchev–Trinajstić information content (AvgIpc) is 3.72. The minimum Gasteiger partial charge on any atom is -0.494 e. The van der Waals surface area contributed by atoms with Gasteiger partial charge < -0.3 is 55.1 Å². The van der Waals surface area contributed by atoms with Crippen LogP contribution in [0.15, 0.2) is 77.8 Å². The minimum atomic E-state index is -1.60. The highest BCUT2D eigenvalue weighted by molar-refractivity contribution is 6.62. The first-order valence-electron chi connectivity index (χ1n) is 16.1. The second-order valence-corrected chi connectivity index (χ2v) is 12.4. The molecule has 0 saturated carbocycles. The molecule has 14 heteroatoms. The summed E-state index contributed by atoms with van der Waals surface area (Å²) in [6.45, 7) is 3.60. The quantitative estimate of drug-likeness (QED) is 0.0591. The number of hydrogen-bond acceptors (Lipinski definition) is 12. The largest absolute Gasteiger partial charge is 0.494 e. The molecule has 0 amide bonds. The lowest BCUT2D eigenvalue weighted by atomic mass is 9.79. The molecule has 3 heterocycles. The van der Waals surface area contributed by atoms with Gasteiger partial charge in [-0.15, -0.1) is 0 Å². The van der Waals surface area contributed by atoms with Crippen molar-refractivity contribution in [2.24, 2.45) is 4.99 Å². The Kier molecular flexibility index (Phi) is 10.8. The fourth-order valence-corrected chi connectivity index (χ4v) is 6.05. The van der Waals surface area contributed by atoms with Gasteiger partial charge in [0.1, 0.15) is 24.5 Å². The van der Waals surface area contributed by atoms with E-state index in [0.29, 0.717) is 39.9 Å². The number of piperazine rings is 1. The predicted molar refractivity (Wildman–Crippen MR) is 183 cm³/mol. The maximum Gasteiger partial charge on any atom is 0.494 e. The standard InChI is InChI=1S/C34H42BN5O8/c1-39-13-15-40(16-14-39)18-29(43)36-23-8-10-24(11-9-23)37-31(21-5-3-2-4-6-21)30-25-12-7-22(17-26(25)38-34(30)46)35-47-20-28(48-35)33(45)32(44)27(42)19-41/h2-12,17,27-29,32-33,36,38,41-46H,13-16,18-20H2,1H3/t27-,28+,29?,32-,33-/m1/s1. The Morgan fingerprint density at radius 2 is 1.73 bits per heavy atom. The molecule has 0 spiro atoms. The Labute approximate surface area is 278 Å². The third kappa shape index (κ3) is 7.73. The van der Waals surface area contributed by atoms with Crippen molar-refractivity contribution in [3.63, 3.8) is 0 Å². The first-order chi connectivity index (χ1) is 23.2. The predicted octanol–water partition coefficient (Wildman–Crippen LogP) is 0.206. The Hall–Kier alpha value is -3.83. The number of benzene rings is 3. The van der Waals surface area contributed by atoms with Gasteiger partial charge in [0.05, 0.1) is 36.3 Å². The molecular weight excluding hydrogens is 617 g/mol. The smallest absolute Gasteiger partial charge is 0.494 e. The summed E-state index contributed by atoms with van der Waals surface area (Å²) in [7, 11) is 1.24. The molecule has 5 atom stereocenters. The van der Waals surface area contributed by atoms with E-state index in [1.807, 2.05) is 60.7 Å². The summed E-state index contributed by atoms with van der Waals surface area (Å²) < 4.78 is 11.6. The van der Waals surface area contributed by atoms with Gasteiger partial charge in [0.2, 0.25) is 0 Å². The third-order valence-electron chi connectivity index (χ3n) is 8.85. The lowest BCUT2D eigenvalue weighted by molar-refractivity contribution is -0.106. The second kappa shape index (κ2) is 15.2. The molecule has 4 aromatic rings. The number of H-pyrrole nitrogens is 1. The van der Waals surface area contributed by atoms with Gasteiger partial charge >= 0.3 is 7.12 Å². The average molecular weight is 660 g/mol. The van der Waals surface area contributed by atoms with E-state index in [9.17, 15) is 25.5 Å². The van der Waals surface area contributed by atoms with Crippen molar-refractivity contribution < 1.29 is 39.9 Å². The van der Waals surface area contributed by atoms with E-state index in [0.717, 1.165) is 37.4 Å². The van der Waals surface area contributed by atoms with Crippen molar-refractivity contribution in [3.05, 3.63) is 83.9 Å². The number of aromatic hydroxyl groups is 1. The Morgan fingerprint density at radius 1 is 1.00 bits per heavy atom. The van der Waals surface area contributed by atoms with E-state index < -0.39 is 44.4 Å². The van der Waals surface area contributed by atoms with Crippen molar-refractivity contribution in [3.8, 4) is 5.88 Å². The molecule has 1 unspecified atom stereocenters. The van der Waals surface area contributed by atoms with E-state index in [1.165, 1.54) is 0 Å². The molecule has 0 bridgehead atoms. The van der Waals surface area contributed by atoms with Crippen LogP contribution in [0.4, 0.5) is 11.4 Å². The van der Waals surface area contributed by atoms with Crippen LogP contribution in [0.3, 0.4) is 0 Å². The zero-order chi connectivity index (χ0) is 33.8. The molecule has 3 aromatic carbocycles. The van der Waals surface area contributed by atoms with Crippen LogP contribution in [-0.2, 0) is 9.31 Å². The van der Waals surface area contributed by atoms with Gasteiger partial charge in [-0.1, -0.05) is 42.5 Å². The number of aliphatic imine (C=N–C) groups is 1. The number of fused-ring (bicyclic) bond motifs is 1. The molecule has 254 valence electrons. The van der Waals surface area contributed by atoms with Crippen LogP contribution in [-0.4, -0.2) is 142 Å². The van der Waals surface area contributed by atoms with E-state index in [4.69, 9.17) is 19.4 Å². The summed E-state index contributed by atoms with van der Waals surface area (Å²) in [4.78, 5) is 12.5. The van der Waals surface area contributed by atoms with Crippen LogP contribution in [0.5, 0.6) is 5.88 Å². The highest BCUT2D eigenvalue weighted by atomic mass is 16.6. The summed E-state index contributed by atoms with van der Waals surface area (Å²) in [6.07, 6.45) is -6.22. The first-order valence-corrected chi connectivity index (χ1v) is 16.1. The van der Waals surface area contributed by atoms with Crippen LogP contribution in [0.1, 0.15) is 11.1 Å². The van der Waals surface area contributed by atoms with Crippen LogP contribution in [0, 0.1) is 0 Å². The number of β-amino-alcohol motifs (C(OH)–C–C–N with tert-alkyl or cyclic N) is 1. The molecule has 8 N–H and O–H groups in total. The molecule has 13 nitrogen and oxygen atoms in total. The van der Waals surface area contributed by atoms with Crippen molar-refractivity contribution in [2.75, 3.05) is 58.3 Å². The number of nitrogens with one attached hydrogen (secondary N) is 2. The van der Waals surface area contributed by atoms with Gasteiger partial charge in [0.15, 0.2) is 5.88 Å². The first kappa shape index (κ1) is 34.1. The summed E-state index contributed by atoms with van der Waals surface area (Å²) in [5.74, 6) is -0.0715. The summed E-state index contributed by atoms with van der Waals surface area (Å²) >= 11 is 0. The van der Waals surface area contributed by atoms with E-state index in [1.54, 1.807) is 12.1 Å². The Bertz CT molecular complexity index is 1680. The van der Waals surface area contributed by atoms with Crippen LogP contribution in [0.25, 0.3) is 10.9 Å². The number of aliphatic hydroxyl groups excluding tert-OH is 5. The molecule has 6 rings (SSSR count). The van der Waals surface area contributed by atoms with Gasteiger partial charge in [-0.2, -0.15) is 0 Å². The van der Waals surface area contributed by atoms with Crippen LogP contribution in [0.2, 0.25) is 0 Å². The highest BCUT2D eigenvalue weighted by Crippen LogP contribution is 2.32. The zero-order valence-electron chi connectivity index (χ0n) is 26.7. The highest BCUT2D eigenvalue weighted by Gasteiger charge is 2.41. The Balaban J connectivity index is 1.21. The normalized spacial score (nSPS) is 20.6. The minimum absolute atomic E-state index is 0.0331. The van der Waals surface area contributed by atoms with Crippen molar-refractivity contribution in [1.29, 1.82) is 0 Å². The van der Waals surface area contributed by atoms with Crippen molar-refractivity contribution >= 4 is 40.6 Å².